The van der Waals surface area contributed by atoms with Crippen LogP contribution in [0, 0.1) is 0 Å². The molecule has 0 bridgehead atoms. The van der Waals surface area contributed by atoms with Crippen molar-refractivity contribution in [3.8, 4) is 23.0 Å². The molecule has 5 heteroatoms. The zero-order valence-electron chi connectivity index (χ0n) is 15.3. The molecule has 0 N–H and O–H groups in total. The molecule has 1 heterocycles. The zero-order chi connectivity index (χ0) is 19.3. The summed E-state index contributed by atoms with van der Waals surface area (Å²) in [6, 6.07) is 22.1. The molecule has 28 heavy (non-hydrogen) atoms. The van der Waals surface area contributed by atoms with Crippen molar-refractivity contribution < 1.29 is 18.6 Å². The van der Waals surface area contributed by atoms with Gasteiger partial charge in [-0.05, 0) is 29.8 Å². The second-order valence-corrected chi connectivity index (χ2v) is 6.11. The lowest BCUT2D eigenvalue weighted by atomic mass is 10.2. The predicted molar refractivity (Wildman–Crippen MR) is 106 cm³/mol. The summed E-state index contributed by atoms with van der Waals surface area (Å²) >= 11 is 0. The molecule has 0 aliphatic carbocycles. The first kappa shape index (κ1) is 17.7. The highest BCUT2D eigenvalue weighted by Crippen LogP contribution is 2.30. The van der Waals surface area contributed by atoms with Gasteiger partial charge in [0.25, 0.3) is 0 Å². The Bertz CT molecular complexity index is 1150. The van der Waals surface area contributed by atoms with E-state index in [9.17, 15) is 4.79 Å². The van der Waals surface area contributed by atoms with Gasteiger partial charge >= 0.3 is 0 Å². The molecule has 0 atom stereocenters. The Labute approximate surface area is 161 Å². The Morgan fingerprint density at radius 2 is 1.61 bits per heavy atom. The third kappa shape index (κ3) is 3.69. The molecule has 0 saturated carbocycles. The number of methoxy groups -OCH3 is 1. The van der Waals surface area contributed by atoms with Gasteiger partial charge in [0.2, 0.25) is 11.2 Å². The zero-order valence-corrected chi connectivity index (χ0v) is 15.3. The molecule has 3 aromatic carbocycles. The highest BCUT2D eigenvalue weighted by atomic mass is 16.5. The Morgan fingerprint density at radius 3 is 2.39 bits per heavy atom. The van der Waals surface area contributed by atoms with E-state index in [2.05, 4.69) is 0 Å². The van der Waals surface area contributed by atoms with Gasteiger partial charge in [0.1, 0.15) is 24.2 Å². The molecule has 5 nitrogen and oxygen atoms in total. The quantitative estimate of drug-likeness (QED) is 0.466. The molecule has 0 radical (unpaired) electrons. The van der Waals surface area contributed by atoms with E-state index in [-0.39, 0.29) is 11.2 Å². The lowest BCUT2D eigenvalue weighted by Gasteiger charge is -2.10. The van der Waals surface area contributed by atoms with Gasteiger partial charge in [0, 0.05) is 6.07 Å². The summed E-state index contributed by atoms with van der Waals surface area (Å²) in [6.45, 7) is 0.436. The van der Waals surface area contributed by atoms with Gasteiger partial charge in [-0.25, -0.2) is 0 Å². The second kappa shape index (κ2) is 7.88. The normalized spacial score (nSPS) is 10.6. The minimum absolute atomic E-state index is 0.0925. The third-order valence-electron chi connectivity index (χ3n) is 4.25. The largest absolute Gasteiger partial charge is 0.493 e. The van der Waals surface area contributed by atoms with Gasteiger partial charge in [-0.2, -0.15) is 0 Å². The van der Waals surface area contributed by atoms with Crippen molar-refractivity contribution >= 4 is 11.0 Å². The van der Waals surface area contributed by atoms with Crippen molar-refractivity contribution in [3.63, 3.8) is 0 Å². The lowest BCUT2D eigenvalue weighted by molar-refractivity contribution is 0.306. The molecule has 0 aliphatic heterocycles. The molecule has 0 saturated heterocycles. The standard InChI is InChI=1S/C23H18O5/c1-25-19-9-5-6-10-20(19)28-22-15-27-21-13-17(11-12-18(21)23(22)24)26-14-16-7-3-2-4-8-16/h2-13,15H,14H2,1H3. The maximum absolute atomic E-state index is 12.8. The maximum Gasteiger partial charge on any atom is 0.235 e. The smallest absolute Gasteiger partial charge is 0.235 e. The Kier molecular flexibility index (Phi) is 4.97. The van der Waals surface area contributed by atoms with Gasteiger partial charge in [-0.3, -0.25) is 4.79 Å². The summed E-state index contributed by atoms with van der Waals surface area (Å²) in [6.07, 6.45) is 1.30. The van der Waals surface area contributed by atoms with E-state index in [0.29, 0.717) is 34.8 Å². The fourth-order valence-electron chi connectivity index (χ4n) is 2.81. The van der Waals surface area contributed by atoms with Crippen LogP contribution in [0.4, 0.5) is 0 Å². The van der Waals surface area contributed by atoms with E-state index < -0.39 is 0 Å². The van der Waals surface area contributed by atoms with Crippen molar-refractivity contribution in [3.05, 3.63) is 94.8 Å². The average Bonchev–Trinajstić information content (AvgIpc) is 2.75. The number of rotatable bonds is 6. The number of hydrogen-bond donors (Lipinski definition) is 0. The van der Waals surface area contributed by atoms with Crippen LogP contribution < -0.4 is 19.6 Å². The van der Waals surface area contributed by atoms with Crippen LogP contribution in [0.1, 0.15) is 5.56 Å². The summed E-state index contributed by atoms with van der Waals surface area (Å²) < 4.78 is 22.4. The first-order valence-corrected chi connectivity index (χ1v) is 8.78. The van der Waals surface area contributed by atoms with Gasteiger partial charge < -0.3 is 18.6 Å². The Morgan fingerprint density at radius 1 is 0.857 bits per heavy atom. The topological polar surface area (TPSA) is 57.9 Å². The summed E-state index contributed by atoms with van der Waals surface area (Å²) in [4.78, 5) is 12.8. The van der Waals surface area contributed by atoms with Gasteiger partial charge in [0.05, 0.1) is 12.5 Å². The van der Waals surface area contributed by atoms with Crippen LogP contribution in [-0.4, -0.2) is 7.11 Å². The van der Waals surface area contributed by atoms with Crippen LogP contribution in [0.3, 0.4) is 0 Å². The van der Waals surface area contributed by atoms with Crippen molar-refractivity contribution in [2.45, 2.75) is 6.61 Å². The predicted octanol–water partition coefficient (Wildman–Crippen LogP) is 5.17. The molecule has 1 aromatic heterocycles. The molecule has 140 valence electrons. The van der Waals surface area contributed by atoms with E-state index in [1.807, 2.05) is 36.4 Å². The number of benzene rings is 3. The molecule has 0 amide bonds. The van der Waals surface area contributed by atoms with Crippen LogP contribution in [0.2, 0.25) is 0 Å². The Balaban J connectivity index is 1.58. The van der Waals surface area contributed by atoms with Gasteiger partial charge in [0.15, 0.2) is 11.5 Å². The molecular formula is C23H18O5. The second-order valence-electron chi connectivity index (χ2n) is 6.11. The van der Waals surface area contributed by atoms with Crippen LogP contribution >= 0.6 is 0 Å². The van der Waals surface area contributed by atoms with E-state index >= 15 is 0 Å². The number of fused-ring (bicyclic) bond motifs is 1. The van der Waals surface area contributed by atoms with E-state index in [4.69, 9.17) is 18.6 Å². The van der Waals surface area contributed by atoms with Gasteiger partial charge in [-0.1, -0.05) is 42.5 Å². The number of para-hydroxylation sites is 2. The molecule has 4 rings (SSSR count). The van der Waals surface area contributed by atoms with Crippen LogP contribution in [0.25, 0.3) is 11.0 Å². The summed E-state index contributed by atoms with van der Waals surface area (Å²) in [7, 11) is 1.54. The van der Waals surface area contributed by atoms with Crippen LogP contribution in [0.5, 0.6) is 23.0 Å². The highest BCUT2D eigenvalue weighted by Gasteiger charge is 2.12. The molecule has 0 aliphatic rings. The molecule has 0 fully saturated rings. The summed E-state index contributed by atoms with van der Waals surface area (Å²) in [5.74, 6) is 1.69. The van der Waals surface area contributed by atoms with Crippen molar-refractivity contribution in [2.24, 2.45) is 0 Å². The first-order chi connectivity index (χ1) is 13.7. The molecule has 0 spiro atoms. The van der Waals surface area contributed by atoms with Gasteiger partial charge in [-0.15, -0.1) is 0 Å². The number of ether oxygens (including phenoxy) is 3. The van der Waals surface area contributed by atoms with E-state index in [0.717, 1.165) is 5.56 Å². The SMILES string of the molecule is COc1ccccc1Oc1coc2cc(OCc3ccccc3)ccc2c1=O. The Hall–Kier alpha value is -3.73. The van der Waals surface area contributed by atoms with Crippen molar-refractivity contribution in [1.29, 1.82) is 0 Å². The van der Waals surface area contributed by atoms with E-state index in [1.54, 1.807) is 43.5 Å². The van der Waals surface area contributed by atoms with Crippen LogP contribution in [-0.2, 0) is 6.61 Å². The van der Waals surface area contributed by atoms with E-state index in [1.165, 1.54) is 6.26 Å². The van der Waals surface area contributed by atoms with Crippen molar-refractivity contribution in [2.75, 3.05) is 7.11 Å². The minimum atomic E-state index is -0.262. The fraction of sp³-hybridized carbons (Fsp3) is 0.0870. The molecule has 4 aromatic rings. The molecular weight excluding hydrogens is 356 g/mol. The highest BCUT2D eigenvalue weighted by molar-refractivity contribution is 5.79. The summed E-state index contributed by atoms with van der Waals surface area (Å²) in [5, 5.41) is 0.416. The maximum atomic E-state index is 12.8. The first-order valence-electron chi connectivity index (χ1n) is 8.78. The monoisotopic (exact) mass is 374 g/mol. The van der Waals surface area contributed by atoms with Crippen molar-refractivity contribution in [1.82, 2.24) is 0 Å². The third-order valence-corrected chi connectivity index (χ3v) is 4.25. The number of hydrogen-bond acceptors (Lipinski definition) is 5. The average molecular weight is 374 g/mol. The summed E-state index contributed by atoms with van der Waals surface area (Å²) in [5.41, 5.74) is 1.23. The lowest BCUT2D eigenvalue weighted by Crippen LogP contribution is -2.05. The van der Waals surface area contributed by atoms with Crippen LogP contribution in [0.15, 0.2) is 88.3 Å². The fourth-order valence-corrected chi connectivity index (χ4v) is 2.81. The molecule has 0 unspecified atom stereocenters. The minimum Gasteiger partial charge on any atom is -0.493 e.